The molecule has 0 amide bonds. The summed E-state index contributed by atoms with van der Waals surface area (Å²) in [6.07, 6.45) is 2.80. The normalized spacial score (nSPS) is 10.9. The van der Waals surface area contributed by atoms with Crippen LogP contribution in [0.3, 0.4) is 0 Å². The van der Waals surface area contributed by atoms with Crippen molar-refractivity contribution in [2.45, 2.75) is 13.3 Å². The first-order chi connectivity index (χ1) is 10.7. The quantitative estimate of drug-likeness (QED) is 0.757. The first-order valence-corrected chi connectivity index (χ1v) is 7.79. The van der Waals surface area contributed by atoms with E-state index in [9.17, 15) is 0 Å². The second-order valence-electron chi connectivity index (χ2n) is 4.88. The number of nitrogens with one attached hydrogen (secondary N) is 1. The number of methoxy groups -OCH3 is 2. The first kappa shape index (κ1) is 14.6. The number of nitrogens with zero attached hydrogens (tertiary/aromatic N) is 3. The molecule has 3 rings (SSSR count). The topological polar surface area (TPSA) is 60.7 Å². The van der Waals surface area contributed by atoms with E-state index in [1.807, 2.05) is 31.3 Å². The summed E-state index contributed by atoms with van der Waals surface area (Å²) in [6, 6.07) is 5.97. The second-order valence-corrected chi connectivity index (χ2v) is 5.84. The minimum atomic E-state index is 0.746. The number of anilines is 1. The van der Waals surface area contributed by atoms with Gasteiger partial charge in [0.1, 0.15) is 0 Å². The Morgan fingerprint density at radius 2 is 2.05 bits per heavy atom. The predicted octanol–water partition coefficient (Wildman–Crippen LogP) is 2.77. The van der Waals surface area contributed by atoms with Crippen molar-refractivity contribution in [1.82, 2.24) is 14.6 Å². The maximum absolute atomic E-state index is 5.31. The van der Waals surface area contributed by atoms with E-state index in [1.54, 1.807) is 30.1 Å². The van der Waals surface area contributed by atoms with Gasteiger partial charge in [-0.15, -0.1) is 5.10 Å². The maximum atomic E-state index is 5.31. The van der Waals surface area contributed by atoms with Gasteiger partial charge in [-0.2, -0.15) is 0 Å². The van der Waals surface area contributed by atoms with Crippen LogP contribution in [0.1, 0.15) is 11.3 Å². The fraction of sp³-hybridized carbons (Fsp3) is 0.333. The molecule has 1 aromatic carbocycles. The smallest absolute Gasteiger partial charge is 0.214 e. The number of benzene rings is 1. The SMILES string of the molecule is COc1ccc(CCNc2nn3cc(C)nc3s2)cc1OC. The molecule has 22 heavy (non-hydrogen) atoms. The number of hydrogen-bond donors (Lipinski definition) is 1. The zero-order valence-corrected chi connectivity index (χ0v) is 13.6. The Labute approximate surface area is 132 Å². The molecule has 0 aliphatic rings. The molecule has 116 valence electrons. The standard InChI is InChI=1S/C15H18N4O2S/c1-10-9-19-15(17-10)22-14(18-19)16-7-6-11-4-5-12(20-2)13(8-11)21-3/h4-5,8-9H,6-7H2,1-3H3,(H,16,18). The van der Waals surface area contributed by atoms with Crippen LogP contribution in [0.5, 0.6) is 11.5 Å². The zero-order valence-electron chi connectivity index (χ0n) is 12.8. The fourth-order valence-corrected chi connectivity index (χ4v) is 3.08. The van der Waals surface area contributed by atoms with Crippen molar-refractivity contribution in [2.24, 2.45) is 0 Å². The molecule has 0 saturated carbocycles. The zero-order chi connectivity index (χ0) is 15.5. The van der Waals surface area contributed by atoms with Crippen molar-refractivity contribution in [3.05, 3.63) is 35.7 Å². The van der Waals surface area contributed by atoms with Crippen LogP contribution in [0.4, 0.5) is 5.13 Å². The molecule has 2 heterocycles. The van der Waals surface area contributed by atoms with Gasteiger partial charge in [0.25, 0.3) is 0 Å². The van der Waals surface area contributed by atoms with Crippen molar-refractivity contribution in [2.75, 3.05) is 26.1 Å². The van der Waals surface area contributed by atoms with Gasteiger partial charge in [-0.25, -0.2) is 9.50 Å². The average molecular weight is 318 g/mol. The van der Waals surface area contributed by atoms with Gasteiger partial charge in [0.05, 0.1) is 26.1 Å². The molecule has 0 atom stereocenters. The molecule has 0 aliphatic heterocycles. The predicted molar refractivity (Wildman–Crippen MR) is 87.3 cm³/mol. The van der Waals surface area contributed by atoms with Crippen LogP contribution in [0.25, 0.3) is 4.96 Å². The Bertz CT molecular complexity index is 750. The second kappa shape index (κ2) is 6.23. The lowest BCUT2D eigenvalue weighted by molar-refractivity contribution is 0.354. The average Bonchev–Trinajstić information content (AvgIpc) is 3.03. The number of ether oxygens (including phenoxy) is 2. The summed E-state index contributed by atoms with van der Waals surface area (Å²) in [5, 5.41) is 8.65. The van der Waals surface area contributed by atoms with Gasteiger partial charge in [0.2, 0.25) is 10.1 Å². The van der Waals surface area contributed by atoms with Crippen molar-refractivity contribution in [3.8, 4) is 11.5 Å². The number of aryl methyl sites for hydroxylation is 1. The third kappa shape index (κ3) is 2.99. The Balaban J connectivity index is 1.61. The highest BCUT2D eigenvalue weighted by atomic mass is 32.1. The highest BCUT2D eigenvalue weighted by molar-refractivity contribution is 7.20. The van der Waals surface area contributed by atoms with Gasteiger partial charge in [-0.3, -0.25) is 0 Å². The molecular weight excluding hydrogens is 300 g/mol. The van der Waals surface area contributed by atoms with Gasteiger partial charge in [0.15, 0.2) is 11.5 Å². The molecule has 0 saturated heterocycles. The summed E-state index contributed by atoms with van der Waals surface area (Å²) in [5.74, 6) is 1.50. The Morgan fingerprint density at radius 3 is 2.77 bits per heavy atom. The third-order valence-electron chi connectivity index (χ3n) is 3.30. The lowest BCUT2D eigenvalue weighted by Crippen LogP contribution is -2.05. The lowest BCUT2D eigenvalue weighted by atomic mass is 10.1. The van der Waals surface area contributed by atoms with Crippen LogP contribution in [0, 0.1) is 6.92 Å². The number of fused-ring (bicyclic) bond motifs is 1. The largest absolute Gasteiger partial charge is 0.493 e. The van der Waals surface area contributed by atoms with Gasteiger partial charge in [-0.05, 0) is 31.0 Å². The monoisotopic (exact) mass is 318 g/mol. The van der Waals surface area contributed by atoms with Crippen LogP contribution >= 0.6 is 11.3 Å². The lowest BCUT2D eigenvalue weighted by Gasteiger charge is -2.09. The van der Waals surface area contributed by atoms with E-state index < -0.39 is 0 Å². The Morgan fingerprint density at radius 1 is 1.23 bits per heavy atom. The summed E-state index contributed by atoms with van der Waals surface area (Å²) in [7, 11) is 3.28. The van der Waals surface area contributed by atoms with E-state index in [2.05, 4.69) is 15.4 Å². The molecule has 0 aliphatic carbocycles. The maximum Gasteiger partial charge on any atom is 0.214 e. The molecular formula is C15H18N4O2S. The summed E-state index contributed by atoms with van der Waals surface area (Å²) in [6.45, 7) is 2.76. The molecule has 7 heteroatoms. The fourth-order valence-electron chi connectivity index (χ4n) is 2.23. The first-order valence-electron chi connectivity index (χ1n) is 6.97. The van der Waals surface area contributed by atoms with Crippen LogP contribution in [0.15, 0.2) is 24.4 Å². The van der Waals surface area contributed by atoms with Crippen LogP contribution in [-0.2, 0) is 6.42 Å². The van der Waals surface area contributed by atoms with E-state index in [0.717, 1.165) is 40.3 Å². The number of hydrogen-bond acceptors (Lipinski definition) is 6. The van der Waals surface area contributed by atoms with E-state index in [0.29, 0.717) is 0 Å². The Hall–Kier alpha value is -2.28. The van der Waals surface area contributed by atoms with Gasteiger partial charge in [-0.1, -0.05) is 17.4 Å². The van der Waals surface area contributed by atoms with Crippen LogP contribution in [0.2, 0.25) is 0 Å². The van der Waals surface area contributed by atoms with Crippen molar-refractivity contribution in [1.29, 1.82) is 0 Å². The number of rotatable bonds is 6. The minimum absolute atomic E-state index is 0.746. The van der Waals surface area contributed by atoms with Gasteiger partial charge in [0, 0.05) is 6.54 Å². The van der Waals surface area contributed by atoms with Crippen molar-refractivity contribution >= 4 is 21.4 Å². The molecule has 2 aromatic heterocycles. The molecule has 0 bridgehead atoms. The third-order valence-corrected chi connectivity index (χ3v) is 4.18. The van der Waals surface area contributed by atoms with Crippen LogP contribution < -0.4 is 14.8 Å². The van der Waals surface area contributed by atoms with Crippen molar-refractivity contribution < 1.29 is 9.47 Å². The number of imidazole rings is 1. The van der Waals surface area contributed by atoms with Gasteiger partial charge >= 0.3 is 0 Å². The van der Waals surface area contributed by atoms with Crippen LogP contribution in [-0.4, -0.2) is 35.4 Å². The molecule has 0 radical (unpaired) electrons. The molecule has 1 N–H and O–H groups in total. The minimum Gasteiger partial charge on any atom is -0.493 e. The summed E-state index contributed by atoms with van der Waals surface area (Å²) in [5.41, 5.74) is 2.16. The van der Waals surface area contributed by atoms with E-state index in [4.69, 9.17) is 9.47 Å². The number of aromatic nitrogens is 3. The van der Waals surface area contributed by atoms with E-state index in [1.165, 1.54) is 5.56 Å². The van der Waals surface area contributed by atoms with Crippen molar-refractivity contribution in [3.63, 3.8) is 0 Å². The van der Waals surface area contributed by atoms with E-state index in [-0.39, 0.29) is 0 Å². The molecule has 3 aromatic rings. The molecule has 0 fully saturated rings. The highest BCUT2D eigenvalue weighted by Crippen LogP contribution is 2.27. The molecule has 0 spiro atoms. The van der Waals surface area contributed by atoms with Gasteiger partial charge < -0.3 is 14.8 Å². The van der Waals surface area contributed by atoms with E-state index >= 15 is 0 Å². The summed E-state index contributed by atoms with van der Waals surface area (Å²) in [4.78, 5) is 5.30. The Kier molecular flexibility index (Phi) is 4.15. The highest BCUT2D eigenvalue weighted by Gasteiger charge is 2.07. The molecule has 6 nitrogen and oxygen atoms in total. The molecule has 0 unspecified atom stereocenters. The summed E-state index contributed by atoms with van der Waals surface area (Å²) < 4.78 is 12.4. The summed E-state index contributed by atoms with van der Waals surface area (Å²) >= 11 is 1.55.